The Balaban J connectivity index is 1.86. The van der Waals surface area contributed by atoms with Gasteiger partial charge in [-0.15, -0.1) is 11.8 Å². The van der Waals surface area contributed by atoms with E-state index in [0.717, 1.165) is 16.0 Å². The number of carbonyl (C=O) groups excluding carboxylic acids is 2. The first-order valence-electron chi connectivity index (χ1n) is 11.9. The molecule has 0 radical (unpaired) electrons. The van der Waals surface area contributed by atoms with Crippen molar-refractivity contribution in [2.75, 3.05) is 5.75 Å². The molecule has 4 nitrogen and oxygen atoms in total. The average Bonchev–Trinajstić information content (AvgIpc) is 2.82. The highest BCUT2D eigenvalue weighted by molar-refractivity contribution is 7.99. The molecule has 2 amide bonds. The van der Waals surface area contributed by atoms with Gasteiger partial charge in [0.1, 0.15) is 6.04 Å². The van der Waals surface area contributed by atoms with Crippen LogP contribution in [0.3, 0.4) is 0 Å². The van der Waals surface area contributed by atoms with Crippen molar-refractivity contribution in [2.45, 2.75) is 56.6 Å². The number of amides is 2. The second kappa shape index (κ2) is 13.2. The topological polar surface area (TPSA) is 49.4 Å². The van der Waals surface area contributed by atoms with Gasteiger partial charge in [-0.3, -0.25) is 9.59 Å². The molecule has 0 heterocycles. The number of rotatable bonds is 10. The number of hydrogen-bond donors (Lipinski definition) is 1. The summed E-state index contributed by atoms with van der Waals surface area (Å²) < 4.78 is 0. The molecule has 190 valence electrons. The monoisotopic (exact) mass is 542 g/mol. The van der Waals surface area contributed by atoms with Crippen LogP contribution in [0.25, 0.3) is 0 Å². The van der Waals surface area contributed by atoms with Crippen LogP contribution < -0.4 is 5.32 Å². The number of hydrogen-bond acceptors (Lipinski definition) is 3. The van der Waals surface area contributed by atoms with Gasteiger partial charge in [0, 0.05) is 45.6 Å². The number of benzene rings is 3. The quantitative estimate of drug-likeness (QED) is 0.279. The Hall–Kier alpha value is -2.47. The lowest BCUT2D eigenvalue weighted by molar-refractivity contribution is -0.141. The summed E-state index contributed by atoms with van der Waals surface area (Å²) in [6, 6.07) is 24.1. The summed E-state index contributed by atoms with van der Waals surface area (Å²) in [5, 5.41) is 4.35. The minimum absolute atomic E-state index is 0.0820. The van der Waals surface area contributed by atoms with E-state index in [1.54, 1.807) is 22.7 Å². The average molecular weight is 544 g/mol. The van der Waals surface area contributed by atoms with Crippen molar-refractivity contribution in [2.24, 2.45) is 0 Å². The maximum absolute atomic E-state index is 13.7. The lowest BCUT2D eigenvalue weighted by Crippen LogP contribution is -2.54. The standard InChI is InChI=1S/C29H32Cl2N2O2S/c1-29(2,3)32-28(35)26(19-21-8-5-4-6-9-21)33(20-22-10-7-11-24(31)18-22)27(34)16-17-36-25-14-12-23(30)13-15-25/h4-15,18,26H,16-17,19-20H2,1-3H3,(H,32,35)/t26-/m1/s1. The van der Waals surface area contributed by atoms with Gasteiger partial charge < -0.3 is 10.2 Å². The number of thioether (sulfide) groups is 1. The van der Waals surface area contributed by atoms with E-state index in [0.29, 0.717) is 35.2 Å². The van der Waals surface area contributed by atoms with E-state index < -0.39 is 11.6 Å². The first-order valence-corrected chi connectivity index (χ1v) is 13.6. The lowest BCUT2D eigenvalue weighted by atomic mass is 10.0. The molecule has 0 aromatic heterocycles. The van der Waals surface area contributed by atoms with Crippen LogP contribution in [-0.4, -0.2) is 34.0 Å². The Bertz CT molecular complexity index is 1150. The lowest BCUT2D eigenvalue weighted by Gasteiger charge is -2.34. The van der Waals surface area contributed by atoms with Crippen LogP contribution in [0.15, 0.2) is 83.8 Å². The van der Waals surface area contributed by atoms with Crippen molar-refractivity contribution in [1.29, 1.82) is 0 Å². The van der Waals surface area contributed by atoms with Crippen molar-refractivity contribution in [1.82, 2.24) is 10.2 Å². The van der Waals surface area contributed by atoms with Crippen LogP contribution >= 0.6 is 35.0 Å². The minimum Gasteiger partial charge on any atom is -0.350 e. The molecule has 0 bridgehead atoms. The summed E-state index contributed by atoms with van der Waals surface area (Å²) in [5.74, 6) is 0.333. The zero-order valence-electron chi connectivity index (χ0n) is 20.8. The maximum atomic E-state index is 13.7. The summed E-state index contributed by atoms with van der Waals surface area (Å²) in [4.78, 5) is 29.9. The molecule has 0 aliphatic heterocycles. The molecule has 0 saturated heterocycles. The molecule has 0 unspecified atom stereocenters. The van der Waals surface area contributed by atoms with Gasteiger partial charge >= 0.3 is 0 Å². The fourth-order valence-electron chi connectivity index (χ4n) is 3.77. The third kappa shape index (κ3) is 9.20. The summed E-state index contributed by atoms with van der Waals surface area (Å²) in [7, 11) is 0. The molecule has 0 spiro atoms. The molecule has 7 heteroatoms. The van der Waals surface area contributed by atoms with E-state index in [2.05, 4.69) is 5.32 Å². The molecular formula is C29H32Cl2N2O2S. The third-order valence-electron chi connectivity index (χ3n) is 5.41. The van der Waals surface area contributed by atoms with Crippen LogP contribution in [0.1, 0.15) is 38.3 Å². The van der Waals surface area contributed by atoms with E-state index in [9.17, 15) is 9.59 Å². The fraction of sp³-hybridized carbons (Fsp3) is 0.310. The van der Waals surface area contributed by atoms with Crippen molar-refractivity contribution >= 4 is 46.8 Å². The van der Waals surface area contributed by atoms with E-state index >= 15 is 0 Å². The van der Waals surface area contributed by atoms with E-state index in [1.165, 1.54) is 0 Å². The van der Waals surface area contributed by atoms with Crippen molar-refractivity contribution in [3.05, 3.63) is 100 Å². The summed E-state index contributed by atoms with van der Waals surface area (Å²) in [6.45, 7) is 6.11. The molecule has 0 aliphatic carbocycles. The van der Waals surface area contributed by atoms with E-state index in [4.69, 9.17) is 23.2 Å². The highest BCUT2D eigenvalue weighted by Gasteiger charge is 2.32. The Morgan fingerprint density at radius 2 is 1.56 bits per heavy atom. The van der Waals surface area contributed by atoms with Crippen molar-refractivity contribution in [3.63, 3.8) is 0 Å². The molecule has 36 heavy (non-hydrogen) atoms. The van der Waals surface area contributed by atoms with Gasteiger partial charge in [0.05, 0.1) is 0 Å². The molecule has 0 saturated carbocycles. The summed E-state index contributed by atoms with van der Waals surface area (Å²) in [5.41, 5.74) is 1.44. The SMILES string of the molecule is CC(C)(C)NC(=O)[C@@H](Cc1ccccc1)N(Cc1cccc(Cl)c1)C(=O)CCSc1ccc(Cl)cc1. The normalized spacial score (nSPS) is 12.1. The molecule has 3 aromatic carbocycles. The predicted octanol–water partition coefficient (Wildman–Crippen LogP) is 7.03. The second-order valence-electron chi connectivity index (χ2n) is 9.65. The molecule has 1 N–H and O–H groups in total. The van der Waals surface area contributed by atoms with Crippen LogP contribution in [0.2, 0.25) is 10.0 Å². The van der Waals surface area contributed by atoms with Gasteiger partial charge in [0.15, 0.2) is 0 Å². The summed E-state index contributed by atoms with van der Waals surface area (Å²) >= 11 is 13.8. The zero-order chi connectivity index (χ0) is 26.1. The summed E-state index contributed by atoms with van der Waals surface area (Å²) in [6.07, 6.45) is 0.710. The molecular weight excluding hydrogens is 511 g/mol. The third-order valence-corrected chi connectivity index (χ3v) is 6.91. The van der Waals surface area contributed by atoms with Crippen LogP contribution in [-0.2, 0) is 22.6 Å². The molecule has 3 aromatic rings. The minimum atomic E-state index is -0.668. The highest BCUT2D eigenvalue weighted by atomic mass is 35.5. The van der Waals surface area contributed by atoms with E-state index in [-0.39, 0.29) is 11.8 Å². The van der Waals surface area contributed by atoms with Crippen molar-refractivity contribution < 1.29 is 9.59 Å². The van der Waals surface area contributed by atoms with Gasteiger partial charge in [-0.05, 0) is 68.3 Å². The fourth-order valence-corrected chi connectivity index (χ4v) is 4.95. The van der Waals surface area contributed by atoms with E-state index in [1.807, 2.05) is 93.6 Å². The largest absolute Gasteiger partial charge is 0.350 e. The van der Waals surface area contributed by atoms with Gasteiger partial charge in [-0.1, -0.05) is 65.7 Å². The number of nitrogens with zero attached hydrogens (tertiary/aromatic N) is 1. The Kier molecular flexibility index (Phi) is 10.3. The number of carbonyl (C=O) groups is 2. The van der Waals surface area contributed by atoms with Crippen LogP contribution in [0.5, 0.6) is 0 Å². The van der Waals surface area contributed by atoms with Gasteiger partial charge in [0.2, 0.25) is 11.8 Å². The van der Waals surface area contributed by atoms with Crippen LogP contribution in [0.4, 0.5) is 0 Å². The predicted molar refractivity (Wildman–Crippen MR) is 151 cm³/mol. The number of halogens is 2. The maximum Gasteiger partial charge on any atom is 0.243 e. The van der Waals surface area contributed by atoms with Gasteiger partial charge in [0.25, 0.3) is 0 Å². The first kappa shape index (κ1) is 28.1. The first-order chi connectivity index (χ1) is 17.1. The smallest absolute Gasteiger partial charge is 0.243 e. The van der Waals surface area contributed by atoms with Crippen LogP contribution in [0, 0.1) is 0 Å². The molecule has 0 aliphatic rings. The Morgan fingerprint density at radius 3 is 2.19 bits per heavy atom. The Morgan fingerprint density at radius 1 is 0.889 bits per heavy atom. The van der Waals surface area contributed by atoms with Crippen molar-refractivity contribution in [3.8, 4) is 0 Å². The van der Waals surface area contributed by atoms with Gasteiger partial charge in [-0.2, -0.15) is 0 Å². The Labute approximate surface area is 228 Å². The highest BCUT2D eigenvalue weighted by Crippen LogP contribution is 2.23. The second-order valence-corrected chi connectivity index (χ2v) is 11.7. The molecule has 1 atom stereocenters. The molecule has 3 rings (SSSR count). The zero-order valence-corrected chi connectivity index (χ0v) is 23.2. The van der Waals surface area contributed by atoms with Gasteiger partial charge in [-0.25, -0.2) is 0 Å². The molecule has 0 fully saturated rings. The number of nitrogens with one attached hydrogen (secondary N) is 1.